The van der Waals surface area contributed by atoms with Crippen molar-refractivity contribution in [2.45, 2.75) is 26.4 Å². The lowest BCUT2D eigenvalue weighted by Crippen LogP contribution is -2.25. The topological polar surface area (TPSA) is 9.23 Å². The first-order chi connectivity index (χ1) is 6.14. The van der Waals surface area contributed by atoms with Gasteiger partial charge in [-0.05, 0) is 32.9 Å². The monoisotopic (exact) mass is 174 g/mol. The van der Waals surface area contributed by atoms with Crippen LogP contribution in [0.25, 0.3) is 0 Å². The Kier molecular flexibility index (Phi) is 2.97. The van der Waals surface area contributed by atoms with Crippen LogP contribution in [0, 0.1) is 11.8 Å². The number of benzene rings is 1. The minimum Gasteiger partial charge on any atom is -0.475 e. The first-order valence-corrected chi connectivity index (χ1v) is 4.32. The van der Waals surface area contributed by atoms with E-state index < -0.39 is 5.60 Å². The van der Waals surface area contributed by atoms with E-state index in [9.17, 15) is 0 Å². The Labute approximate surface area is 79.7 Å². The number of hydrogen-bond donors (Lipinski definition) is 0. The Bertz CT molecular complexity index is 314. The van der Waals surface area contributed by atoms with Crippen LogP contribution in [0.1, 0.15) is 20.8 Å². The summed E-state index contributed by atoms with van der Waals surface area (Å²) in [6, 6.07) is 9.72. The van der Waals surface area contributed by atoms with Gasteiger partial charge in [0.25, 0.3) is 0 Å². The standard InChI is InChI=1S/C12H14O/c1-4-10-12(2,3)13-11-8-6-5-7-9-11/h5-9H,1-3H3. The summed E-state index contributed by atoms with van der Waals surface area (Å²) in [5.41, 5.74) is -0.407. The molecule has 1 nitrogen and oxygen atoms in total. The molecule has 0 aliphatic rings. The van der Waals surface area contributed by atoms with E-state index in [0.717, 1.165) is 5.75 Å². The molecule has 1 aromatic carbocycles. The van der Waals surface area contributed by atoms with E-state index in [1.54, 1.807) is 0 Å². The van der Waals surface area contributed by atoms with Gasteiger partial charge in [0.15, 0.2) is 5.60 Å². The SMILES string of the molecule is CC#CC(C)(C)Oc1ccccc1. The second-order valence-corrected chi connectivity index (χ2v) is 3.30. The Morgan fingerprint density at radius 1 is 1.15 bits per heavy atom. The van der Waals surface area contributed by atoms with Crippen molar-refractivity contribution >= 4 is 0 Å². The molecule has 0 aliphatic carbocycles. The highest BCUT2D eigenvalue weighted by Crippen LogP contribution is 2.16. The molecule has 0 spiro atoms. The Morgan fingerprint density at radius 3 is 2.31 bits per heavy atom. The molecule has 0 saturated carbocycles. The first-order valence-electron chi connectivity index (χ1n) is 4.32. The molecule has 0 unspecified atom stereocenters. The van der Waals surface area contributed by atoms with Crippen LogP contribution in [0.5, 0.6) is 5.75 Å². The van der Waals surface area contributed by atoms with Crippen LogP contribution in [0.15, 0.2) is 30.3 Å². The average molecular weight is 174 g/mol. The Hall–Kier alpha value is -1.42. The zero-order valence-corrected chi connectivity index (χ0v) is 8.29. The van der Waals surface area contributed by atoms with E-state index in [0.29, 0.717) is 0 Å². The van der Waals surface area contributed by atoms with E-state index in [4.69, 9.17) is 4.74 Å². The molecule has 0 fully saturated rings. The molecule has 1 aromatic rings. The van der Waals surface area contributed by atoms with Gasteiger partial charge in [-0.3, -0.25) is 0 Å². The minimum absolute atomic E-state index is 0.407. The van der Waals surface area contributed by atoms with Gasteiger partial charge in [-0.2, -0.15) is 0 Å². The first kappa shape index (κ1) is 9.67. The quantitative estimate of drug-likeness (QED) is 0.626. The van der Waals surface area contributed by atoms with Crippen molar-refractivity contribution in [1.82, 2.24) is 0 Å². The Morgan fingerprint density at radius 2 is 1.77 bits per heavy atom. The summed E-state index contributed by atoms with van der Waals surface area (Å²) in [6.45, 7) is 5.73. The van der Waals surface area contributed by atoms with Crippen LogP contribution in [0.3, 0.4) is 0 Å². The van der Waals surface area contributed by atoms with Crippen LogP contribution >= 0.6 is 0 Å². The summed E-state index contributed by atoms with van der Waals surface area (Å²) in [4.78, 5) is 0. The maximum atomic E-state index is 5.67. The van der Waals surface area contributed by atoms with Crippen molar-refractivity contribution in [3.63, 3.8) is 0 Å². The summed E-state index contributed by atoms with van der Waals surface area (Å²) < 4.78 is 5.67. The summed E-state index contributed by atoms with van der Waals surface area (Å²) in [5, 5.41) is 0. The highest BCUT2D eigenvalue weighted by Gasteiger charge is 2.15. The smallest absolute Gasteiger partial charge is 0.163 e. The average Bonchev–Trinajstić information content (AvgIpc) is 2.04. The fourth-order valence-electron chi connectivity index (χ4n) is 1.11. The molecule has 0 saturated heterocycles. The predicted molar refractivity (Wildman–Crippen MR) is 54.6 cm³/mol. The lowest BCUT2D eigenvalue weighted by Gasteiger charge is -2.20. The maximum Gasteiger partial charge on any atom is 0.163 e. The number of ether oxygens (including phenoxy) is 1. The van der Waals surface area contributed by atoms with Gasteiger partial charge in [0.2, 0.25) is 0 Å². The van der Waals surface area contributed by atoms with Gasteiger partial charge in [0.05, 0.1) is 0 Å². The lowest BCUT2D eigenvalue weighted by atomic mass is 10.1. The van der Waals surface area contributed by atoms with Crippen LogP contribution in [0.2, 0.25) is 0 Å². The van der Waals surface area contributed by atoms with Crippen molar-refractivity contribution in [2.75, 3.05) is 0 Å². The lowest BCUT2D eigenvalue weighted by molar-refractivity contribution is 0.172. The summed E-state index contributed by atoms with van der Waals surface area (Å²) in [5.74, 6) is 6.71. The normalized spacial score (nSPS) is 10.1. The fourth-order valence-corrected chi connectivity index (χ4v) is 1.11. The van der Waals surface area contributed by atoms with E-state index >= 15 is 0 Å². The van der Waals surface area contributed by atoms with Gasteiger partial charge in [0, 0.05) is 0 Å². The molecule has 0 aromatic heterocycles. The van der Waals surface area contributed by atoms with E-state index in [-0.39, 0.29) is 0 Å². The van der Waals surface area contributed by atoms with Crippen molar-refractivity contribution < 1.29 is 4.74 Å². The van der Waals surface area contributed by atoms with Gasteiger partial charge in [-0.1, -0.05) is 24.1 Å². The van der Waals surface area contributed by atoms with Crippen LogP contribution in [0.4, 0.5) is 0 Å². The van der Waals surface area contributed by atoms with Crippen molar-refractivity contribution in [3.05, 3.63) is 30.3 Å². The molecule has 0 atom stereocenters. The molecule has 1 rings (SSSR count). The van der Waals surface area contributed by atoms with E-state index in [1.807, 2.05) is 51.1 Å². The molecule has 0 N–H and O–H groups in total. The third-order valence-corrected chi connectivity index (χ3v) is 1.54. The summed E-state index contributed by atoms with van der Waals surface area (Å²) in [7, 11) is 0. The second-order valence-electron chi connectivity index (χ2n) is 3.30. The highest BCUT2D eigenvalue weighted by molar-refractivity contribution is 5.24. The number of rotatable bonds is 2. The molecule has 0 aliphatic heterocycles. The highest BCUT2D eigenvalue weighted by atomic mass is 16.5. The molecule has 0 heterocycles. The number of hydrogen-bond acceptors (Lipinski definition) is 1. The van der Waals surface area contributed by atoms with E-state index in [2.05, 4.69) is 11.8 Å². The van der Waals surface area contributed by atoms with Crippen LogP contribution < -0.4 is 4.74 Å². The van der Waals surface area contributed by atoms with Gasteiger partial charge < -0.3 is 4.74 Å². The minimum atomic E-state index is -0.407. The molecular weight excluding hydrogens is 160 g/mol. The number of para-hydroxylation sites is 1. The van der Waals surface area contributed by atoms with Crippen LogP contribution in [-0.4, -0.2) is 5.60 Å². The Balaban J connectivity index is 2.73. The third-order valence-electron chi connectivity index (χ3n) is 1.54. The maximum absolute atomic E-state index is 5.67. The van der Waals surface area contributed by atoms with Crippen molar-refractivity contribution in [1.29, 1.82) is 0 Å². The predicted octanol–water partition coefficient (Wildman–Crippen LogP) is 2.87. The van der Waals surface area contributed by atoms with Gasteiger partial charge in [-0.25, -0.2) is 0 Å². The van der Waals surface area contributed by atoms with Crippen LogP contribution in [-0.2, 0) is 0 Å². The molecule has 68 valence electrons. The summed E-state index contributed by atoms with van der Waals surface area (Å²) >= 11 is 0. The van der Waals surface area contributed by atoms with Crippen molar-refractivity contribution in [2.24, 2.45) is 0 Å². The largest absolute Gasteiger partial charge is 0.475 e. The van der Waals surface area contributed by atoms with E-state index in [1.165, 1.54) is 0 Å². The van der Waals surface area contributed by atoms with Crippen molar-refractivity contribution in [3.8, 4) is 17.6 Å². The van der Waals surface area contributed by atoms with Gasteiger partial charge >= 0.3 is 0 Å². The zero-order chi connectivity index (χ0) is 9.73. The molecule has 0 bridgehead atoms. The second kappa shape index (κ2) is 4.00. The molecule has 13 heavy (non-hydrogen) atoms. The molecule has 0 amide bonds. The molecule has 0 radical (unpaired) electrons. The molecule has 1 heteroatoms. The third kappa shape index (κ3) is 3.21. The fraction of sp³-hybridized carbons (Fsp3) is 0.333. The van der Waals surface area contributed by atoms with Gasteiger partial charge in [0.1, 0.15) is 5.75 Å². The van der Waals surface area contributed by atoms with Gasteiger partial charge in [-0.15, -0.1) is 5.92 Å². The zero-order valence-electron chi connectivity index (χ0n) is 8.29. The molecular formula is C12H14O. The summed E-state index contributed by atoms with van der Waals surface area (Å²) in [6.07, 6.45) is 0.